The summed E-state index contributed by atoms with van der Waals surface area (Å²) in [6.45, 7) is 2.14. The van der Waals surface area contributed by atoms with Crippen LogP contribution in [0.2, 0.25) is 0 Å². The Morgan fingerprint density at radius 2 is 1.60 bits per heavy atom. The molecule has 0 N–H and O–H groups in total. The fourth-order valence-electron chi connectivity index (χ4n) is 3.37. The van der Waals surface area contributed by atoms with Crippen molar-refractivity contribution in [1.29, 1.82) is 0 Å². The summed E-state index contributed by atoms with van der Waals surface area (Å²) in [7, 11) is 0. The lowest BCUT2D eigenvalue weighted by Crippen LogP contribution is -2.08. The third kappa shape index (κ3) is 2.65. The Hall–Kier alpha value is -1.57. The normalized spacial score (nSPS) is 17.1. The Bertz CT molecular complexity index is 560. The maximum absolute atomic E-state index is 13.1. The van der Waals surface area contributed by atoms with E-state index in [4.69, 9.17) is 0 Å². The molecule has 106 valence electrons. The van der Waals surface area contributed by atoms with E-state index < -0.39 is 0 Å². The quantitative estimate of drug-likeness (QED) is 0.636. The highest BCUT2D eigenvalue weighted by atomic mass is 19.1. The molecule has 0 saturated heterocycles. The molecule has 0 atom stereocenters. The van der Waals surface area contributed by atoms with Gasteiger partial charge in [0.25, 0.3) is 0 Å². The van der Waals surface area contributed by atoms with Crippen molar-refractivity contribution < 1.29 is 4.39 Å². The zero-order valence-corrected chi connectivity index (χ0v) is 12.1. The number of halogens is 1. The molecule has 3 rings (SSSR count). The lowest BCUT2D eigenvalue weighted by atomic mass is 10.1. The fourth-order valence-corrected chi connectivity index (χ4v) is 3.37. The average molecular weight is 271 g/mol. The number of aryl methyl sites for hydroxylation is 1. The molecule has 1 heterocycles. The van der Waals surface area contributed by atoms with Crippen molar-refractivity contribution >= 4 is 0 Å². The lowest BCUT2D eigenvalue weighted by molar-refractivity contribution is 0.449. The molecule has 0 bridgehead atoms. The smallest absolute Gasteiger partial charge is 0.123 e. The van der Waals surface area contributed by atoms with E-state index in [0.717, 1.165) is 5.56 Å². The van der Waals surface area contributed by atoms with E-state index >= 15 is 0 Å². The number of hydrogen-bond donors (Lipinski definition) is 0. The number of hydrogen-bond acceptors (Lipinski definition) is 0. The van der Waals surface area contributed by atoms with Crippen LogP contribution < -0.4 is 0 Å². The highest BCUT2D eigenvalue weighted by Crippen LogP contribution is 2.34. The van der Waals surface area contributed by atoms with Gasteiger partial charge in [-0.15, -0.1) is 0 Å². The molecule has 0 aliphatic heterocycles. The third-order valence-corrected chi connectivity index (χ3v) is 4.45. The first-order valence-electron chi connectivity index (χ1n) is 7.69. The summed E-state index contributed by atoms with van der Waals surface area (Å²) in [6.07, 6.45) is 10.1. The summed E-state index contributed by atoms with van der Waals surface area (Å²) >= 11 is 0. The van der Waals surface area contributed by atoms with Gasteiger partial charge < -0.3 is 4.57 Å². The van der Waals surface area contributed by atoms with Gasteiger partial charge in [-0.05, 0) is 61.2 Å². The highest BCUT2D eigenvalue weighted by Gasteiger charge is 2.18. The van der Waals surface area contributed by atoms with E-state index in [1.165, 1.54) is 49.8 Å². The maximum Gasteiger partial charge on any atom is 0.123 e. The zero-order chi connectivity index (χ0) is 13.9. The Kier molecular flexibility index (Phi) is 3.90. The molecule has 1 nitrogen and oxygen atoms in total. The molecule has 1 aliphatic carbocycles. The Morgan fingerprint density at radius 3 is 2.25 bits per heavy atom. The van der Waals surface area contributed by atoms with E-state index in [-0.39, 0.29) is 5.82 Å². The van der Waals surface area contributed by atoms with Gasteiger partial charge in [0.15, 0.2) is 0 Å². The predicted octanol–water partition coefficient (Wildman–Crippen LogP) is 5.50. The molecule has 0 radical (unpaired) electrons. The van der Waals surface area contributed by atoms with E-state index in [9.17, 15) is 4.39 Å². The molecule has 2 aromatic rings. The van der Waals surface area contributed by atoms with Gasteiger partial charge in [0.2, 0.25) is 0 Å². The van der Waals surface area contributed by atoms with Crippen LogP contribution in [0.25, 0.3) is 11.3 Å². The average Bonchev–Trinajstić information content (AvgIpc) is 2.67. The van der Waals surface area contributed by atoms with Gasteiger partial charge in [0.05, 0.1) is 5.69 Å². The summed E-state index contributed by atoms with van der Waals surface area (Å²) in [5.41, 5.74) is 3.66. The van der Waals surface area contributed by atoms with E-state index in [1.54, 1.807) is 12.1 Å². The van der Waals surface area contributed by atoms with Crippen LogP contribution in [0.4, 0.5) is 4.39 Å². The molecule has 0 amide bonds. The van der Waals surface area contributed by atoms with Crippen LogP contribution >= 0.6 is 0 Å². The van der Waals surface area contributed by atoms with Crippen molar-refractivity contribution in [3.63, 3.8) is 0 Å². The molecule has 20 heavy (non-hydrogen) atoms. The van der Waals surface area contributed by atoms with Gasteiger partial charge in [-0.1, -0.05) is 25.7 Å². The number of rotatable bonds is 2. The van der Waals surface area contributed by atoms with Crippen LogP contribution in [0, 0.1) is 12.7 Å². The zero-order valence-electron chi connectivity index (χ0n) is 12.1. The van der Waals surface area contributed by atoms with Crippen molar-refractivity contribution in [3.05, 3.63) is 47.9 Å². The summed E-state index contributed by atoms with van der Waals surface area (Å²) < 4.78 is 15.6. The molecule has 2 heteroatoms. The lowest BCUT2D eigenvalue weighted by Gasteiger charge is -2.20. The molecular weight excluding hydrogens is 249 g/mol. The second-order valence-corrected chi connectivity index (χ2v) is 5.91. The largest absolute Gasteiger partial charge is 0.344 e. The molecule has 1 aromatic carbocycles. The Labute approximate surface area is 120 Å². The SMILES string of the molecule is Cc1ccn(C2CCCCCC2)c1-c1ccc(F)cc1. The van der Waals surface area contributed by atoms with Crippen LogP contribution in [0.3, 0.4) is 0 Å². The molecule has 1 aliphatic rings. The second kappa shape index (κ2) is 5.82. The van der Waals surface area contributed by atoms with Crippen LogP contribution in [0.5, 0.6) is 0 Å². The van der Waals surface area contributed by atoms with Crippen molar-refractivity contribution in [2.75, 3.05) is 0 Å². The summed E-state index contributed by atoms with van der Waals surface area (Å²) in [5, 5.41) is 0. The van der Waals surface area contributed by atoms with Gasteiger partial charge in [0.1, 0.15) is 5.82 Å². The van der Waals surface area contributed by atoms with Crippen molar-refractivity contribution in [2.45, 2.75) is 51.5 Å². The number of nitrogens with zero attached hydrogens (tertiary/aromatic N) is 1. The van der Waals surface area contributed by atoms with Gasteiger partial charge >= 0.3 is 0 Å². The monoisotopic (exact) mass is 271 g/mol. The van der Waals surface area contributed by atoms with Crippen LogP contribution in [0.1, 0.15) is 50.1 Å². The summed E-state index contributed by atoms with van der Waals surface area (Å²) in [6, 6.07) is 9.68. The molecule has 1 fully saturated rings. The molecule has 1 aromatic heterocycles. The van der Waals surface area contributed by atoms with Gasteiger partial charge in [0, 0.05) is 12.2 Å². The maximum atomic E-state index is 13.1. The minimum atomic E-state index is -0.168. The number of benzene rings is 1. The first-order valence-corrected chi connectivity index (χ1v) is 7.69. The second-order valence-electron chi connectivity index (χ2n) is 5.91. The first-order chi connectivity index (χ1) is 9.75. The highest BCUT2D eigenvalue weighted by molar-refractivity contribution is 5.64. The van der Waals surface area contributed by atoms with Gasteiger partial charge in [-0.2, -0.15) is 0 Å². The minimum absolute atomic E-state index is 0.168. The van der Waals surface area contributed by atoms with Crippen LogP contribution in [-0.2, 0) is 0 Å². The van der Waals surface area contributed by atoms with E-state index in [0.29, 0.717) is 6.04 Å². The fraction of sp³-hybridized carbons (Fsp3) is 0.444. The van der Waals surface area contributed by atoms with Crippen LogP contribution in [-0.4, -0.2) is 4.57 Å². The number of aromatic nitrogens is 1. The Balaban J connectivity index is 1.98. The molecule has 0 spiro atoms. The molecular formula is C18H22FN. The minimum Gasteiger partial charge on any atom is -0.344 e. The standard InChI is InChI=1S/C18H22FN/c1-14-12-13-20(17-6-4-2-3-5-7-17)18(14)15-8-10-16(19)11-9-15/h8-13,17H,2-7H2,1H3. The molecule has 1 saturated carbocycles. The Morgan fingerprint density at radius 1 is 0.950 bits per heavy atom. The third-order valence-electron chi connectivity index (χ3n) is 4.45. The van der Waals surface area contributed by atoms with Gasteiger partial charge in [-0.25, -0.2) is 4.39 Å². The summed E-state index contributed by atoms with van der Waals surface area (Å²) in [4.78, 5) is 0. The topological polar surface area (TPSA) is 4.93 Å². The van der Waals surface area contributed by atoms with E-state index in [2.05, 4.69) is 23.8 Å². The predicted molar refractivity (Wildman–Crippen MR) is 81.3 cm³/mol. The first kappa shape index (κ1) is 13.4. The van der Waals surface area contributed by atoms with Crippen molar-refractivity contribution in [3.8, 4) is 11.3 Å². The van der Waals surface area contributed by atoms with Crippen LogP contribution in [0.15, 0.2) is 36.5 Å². The van der Waals surface area contributed by atoms with Crippen molar-refractivity contribution in [1.82, 2.24) is 4.57 Å². The molecule has 0 unspecified atom stereocenters. The van der Waals surface area contributed by atoms with Crippen molar-refractivity contribution in [2.24, 2.45) is 0 Å². The van der Waals surface area contributed by atoms with Gasteiger partial charge in [-0.3, -0.25) is 0 Å². The summed E-state index contributed by atoms with van der Waals surface area (Å²) in [5.74, 6) is -0.168. The van der Waals surface area contributed by atoms with E-state index in [1.807, 2.05) is 12.1 Å².